The predicted octanol–water partition coefficient (Wildman–Crippen LogP) is 26.0. The second kappa shape index (κ2) is 45.6. The van der Waals surface area contributed by atoms with E-state index in [1.54, 1.807) is 21.2 Å². The Hall–Kier alpha value is -3.73. The van der Waals surface area contributed by atoms with E-state index < -0.39 is 0 Å². The van der Waals surface area contributed by atoms with Gasteiger partial charge in [0.05, 0.1) is 0 Å². The molecule has 12 aromatic carbocycles. The molecule has 0 amide bonds. The second-order valence-electron chi connectivity index (χ2n) is 35.5. The van der Waals surface area contributed by atoms with Crippen LogP contribution in [0.1, 0.15) is 257 Å². The Labute approximate surface area is 755 Å². The van der Waals surface area contributed by atoms with Gasteiger partial charge in [-0.2, -0.15) is 24.3 Å². The maximum Gasteiger partial charge on any atom is 2.00 e. The Morgan fingerprint density at radius 2 is 0.336 bits per heavy atom. The van der Waals surface area contributed by atoms with Gasteiger partial charge in [0.15, 0.2) is 0 Å². The van der Waals surface area contributed by atoms with Gasteiger partial charge in [-0.25, -0.2) is 0 Å². The summed E-state index contributed by atoms with van der Waals surface area (Å²) in [5.74, 6) is 0. The Bertz CT molecular complexity index is 4150. The van der Waals surface area contributed by atoms with Gasteiger partial charge in [-0.3, -0.25) is 0 Å². The van der Waals surface area contributed by atoms with Crippen molar-refractivity contribution in [2.24, 2.45) is 0 Å². The minimum Gasteiger partial charge on any atom is -1.00 e. The number of benzene rings is 8. The first-order valence-electron chi connectivity index (χ1n) is 45.7. The van der Waals surface area contributed by atoms with Crippen LogP contribution in [0.2, 0.25) is 0 Å². The first-order chi connectivity index (χ1) is 55.6. The number of hydrogen-bond acceptors (Lipinski definition) is 0. The summed E-state index contributed by atoms with van der Waals surface area (Å²) in [6.45, 7) is 0. The summed E-state index contributed by atoms with van der Waals surface area (Å²) in [6, 6.07) is 92.1. The molecule has 8 aliphatic rings. The Morgan fingerprint density at radius 1 is 0.181 bits per heavy atom. The van der Waals surface area contributed by atoms with Gasteiger partial charge >= 0.3 is 52.4 Å². The van der Waals surface area contributed by atoms with Crippen LogP contribution in [0, 0.1) is 0 Å². The zero-order chi connectivity index (χ0) is 75.0. The summed E-state index contributed by atoms with van der Waals surface area (Å²) in [7, 11) is -0.0808. The van der Waals surface area contributed by atoms with Gasteiger partial charge in [0.25, 0.3) is 0 Å². The fourth-order valence-electron chi connectivity index (χ4n) is 22.7. The van der Waals surface area contributed by atoms with Crippen molar-refractivity contribution in [2.45, 2.75) is 302 Å². The topological polar surface area (TPSA) is 0 Å². The van der Waals surface area contributed by atoms with Crippen molar-refractivity contribution in [2.75, 3.05) is 0 Å². The van der Waals surface area contributed by atoms with Crippen LogP contribution in [-0.2, 0) is 52.4 Å². The van der Waals surface area contributed by atoms with Crippen LogP contribution in [0.15, 0.2) is 243 Å². The van der Waals surface area contributed by atoms with E-state index in [2.05, 4.69) is 243 Å². The largest absolute Gasteiger partial charge is 2.00 e. The van der Waals surface area contributed by atoms with Crippen molar-refractivity contribution in [1.82, 2.24) is 0 Å². The SMILES string of the molecule is [Cl-].[Cl-].[Zr+2].[Zr+2].c1ccc(-c2cccc3[cH-]c(P(C4CCCCC4)C4CCCCC4)cc23)cc1.c1ccc(-c2cccc3[cH-]c(P(C4CCCCC4)C4CCCCC4)cc23)cc1.c1ccc(-c2cccc3[cH-]c(P(C4CCCCC4)C4CCCCC4)cc23)cc1.c1ccc(-c2cccc3[cH-]c(P(C4CCCCC4)C4CCCCC4)cc23)cc1. The minimum absolute atomic E-state index is 0. The summed E-state index contributed by atoms with van der Waals surface area (Å²) in [5, 5.41) is 18.6. The third-order valence-corrected chi connectivity index (χ3v) is 42.1. The summed E-state index contributed by atoms with van der Waals surface area (Å²) in [6.07, 6.45) is 58.8. The number of fused-ring (bicyclic) bond motifs is 4. The van der Waals surface area contributed by atoms with Crippen molar-refractivity contribution in [1.29, 1.82) is 0 Å². The third kappa shape index (κ3) is 22.1. The van der Waals surface area contributed by atoms with E-state index >= 15 is 0 Å². The molecule has 604 valence electrons. The molecular formula is C108H128Cl2P4Zr2-2. The van der Waals surface area contributed by atoms with E-state index in [4.69, 9.17) is 0 Å². The summed E-state index contributed by atoms with van der Waals surface area (Å²) >= 11 is 0. The fraction of sp³-hybridized carbons (Fsp3) is 0.444. The van der Waals surface area contributed by atoms with Gasteiger partial charge in [-0.05, 0) is 170 Å². The van der Waals surface area contributed by atoms with Crippen LogP contribution in [0.25, 0.3) is 87.6 Å². The Balaban J connectivity index is 0.000000133. The molecule has 20 rings (SSSR count). The van der Waals surface area contributed by atoms with Crippen molar-refractivity contribution >= 4 is 96.0 Å². The van der Waals surface area contributed by atoms with E-state index in [9.17, 15) is 0 Å². The normalized spacial score (nSPS) is 18.8. The van der Waals surface area contributed by atoms with Crippen molar-refractivity contribution in [3.8, 4) is 44.5 Å². The van der Waals surface area contributed by atoms with Crippen LogP contribution in [-0.4, -0.2) is 45.3 Å². The van der Waals surface area contributed by atoms with Crippen LogP contribution in [0.3, 0.4) is 0 Å². The second-order valence-corrected chi connectivity index (χ2v) is 46.7. The molecule has 0 nitrogen and oxygen atoms in total. The summed E-state index contributed by atoms with van der Waals surface area (Å²) < 4.78 is 0. The standard InChI is InChI=1S/4C27H32P.2ClH.2Zr/c4*1-4-11-21(12-5-1)26-18-10-13-22-19-25(20-27(22)26)28(23-14-6-2-7-15-23)24-16-8-3-9-17-24;;;;/h4*1,4-5,10-13,18-20,23-24H,2-3,6-9,14-17H2;2*1H;;/q4*-1;;;2*+2/p-2. The summed E-state index contributed by atoms with van der Waals surface area (Å²) in [4.78, 5) is 0. The molecule has 0 radical (unpaired) electrons. The smallest absolute Gasteiger partial charge is 1.00 e. The van der Waals surface area contributed by atoms with Gasteiger partial charge < -0.3 is 24.8 Å². The Morgan fingerprint density at radius 3 is 0.491 bits per heavy atom. The van der Waals surface area contributed by atoms with Crippen molar-refractivity contribution < 1.29 is 77.2 Å². The van der Waals surface area contributed by atoms with Gasteiger partial charge in [0.2, 0.25) is 0 Å². The Kier molecular flexibility index (Phi) is 35.4. The molecule has 8 saturated carbocycles. The van der Waals surface area contributed by atoms with Crippen molar-refractivity contribution in [3.05, 3.63) is 243 Å². The zero-order valence-electron chi connectivity index (χ0n) is 69.5. The molecule has 0 spiro atoms. The first kappa shape index (κ1) is 90.0. The molecule has 0 N–H and O–H groups in total. The molecular weight excluding hydrogens is 1670 g/mol. The minimum atomic E-state index is -0.0202. The van der Waals surface area contributed by atoms with E-state index in [-0.39, 0.29) is 109 Å². The maximum absolute atomic E-state index is 2.60. The van der Waals surface area contributed by atoms with Crippen molar-refractivity contribution in [3.63, 3.8) is 0 Å². The van der Waals surface area contributed by atoms with Gasteiger partial charge in [0.1, 0.15) is 0 Å². The monoisotopic (exact) mass is 1800 g/mol. The average molecular weight is 1800 g/mol. The number of hydrogen-bond donors (Lipinski definition) is 0. The maximum atomic E-state index is 2.60. The van der Waals surface area contributed by atoms with Gasteiger partial charge in [-0.1, -0.05) is 354 Å². The first-order valence-corrected chi connectivity index (χ1v) is 51.6. The molecule has 0 aliphatic heterocycles. The van der Waals surface area contributed by atoms with E-state index in [1.807, 2.05) is 0 Å². The molecule has 8 fully saturated rings. The van der Waals surface area contributed by atoms with Gasteiger partial charge in [-0.15, -0.1) is 137 Å². The molecule has 0 aromatic heterocycles. The molecule has 8 heteroatoms. The molecule has 116 heavy (non-hydrogen) atoms. The molecule has 12 aromatic rings. The molecule has 0 bridgehead atoms. The molecule has 0 saturated heterocycles. The molecule has 0 atom stereocenters. The summed E-state index contributed by atoms with van der Waals surface area (Å²) in [5.41, 5.74) is 18.8. The fourth-order valence-corrected chi connectivity index (χ4v) is 38.1. The number of halogens is 2. The molecule has 0 heterocycles. The quantitative estimate of drug-likeness (QED) is 0.0668. The van der Waals surface area contributed by atoms with E-state index in [0.717, 1.165) is 45.3 Å². The molecule has 8 aliphatic carbocycles. The predicted molar refractivity (Wildman–Crippen MR) is 501 cm³/mol. The van der Waals surface area contributed by atoms with E-state index in [1.165, 1.54) is 344 Å². The average Bonchev–Trinajstić information content (AvgIpc) is 1.65. The van der Waals surface area contributed by atoms with Crippen LogP contribution >= 0.6 is 31.7 Å². The van der Waals surface area contributed by atoms with Gasteiger partial charge in [0, 0.05) is 0 Å². The van der Waals surface area contributed by atoms with E-state index in [0.29, 0.717) is 0 Å². The third-order valence-electron chi connectivity index (χ3n) is 28.2. The van der Waals surface area contributed by atoms with Crippen LogP contribution in [0.4, 0.5) is 0 Å². The number of rotatable bonds is 16. The zero-order valence-corrected chi connectivity index (χ0v) is 79.5. The molecule has 0 unspecified atom stereocenters. The van der Waals surface area contributed by atoms with Crippen LogP contribution in [0.5, 0.6) is 0 Å². The van der Waals surface area contributed by atoms with Crippen LogP contribution < -0.4 is 46.0 Å².